The molecule has 3 heterocycles. The molecule has 3 amide bonds. The second kappa shape index (κ2) is 11.0. The average Bonchev–Trinajstić information content (AvgIpc) is 3.59. The molecule has 1 aliphatic heterocycles. The molecule has 2 aromatic carbocycles. The molecule has 0 aliphatic carbocycles. The molecule has 0 fully saturated rings. The highest BCUT2D eigenvalue weighted by Gasteiger charge is 2.34. The highest BCUT2D eigenvalue weighted by Crippen LogP contribution is 2.32. The SMILES string of the molecule is C=CC(=O)Nc1cc(Cn2nc(C(=O)Nc3cccc(C)c3)c3c2[C@H](C)CN(C(=O)c2ccc[nH]2)C3)ccc1F. The number of carbonyl (C=O) groups excluding carboxylic acids is 3. The number of halogens is 1. The predicted molar refractivity (Wildman–Crippen MR) is 150 cm³/mol. The highest BCUT2D eigenvalue weighted by atomic mass is 19.1. The van der Waals surface area contributed by atoms with Gasteiger partial charge in [-0.05, 0) is 60.5 Å². The van der Waals surface area contributed by atoms with Crippen molar-refractivity contribution in [2.24, 2.45) is 0 Å². The maximum absolute atomic E-state index is 14.4. The number of nitrogens with zero attached hydrogens (tertiary/aromatic N) is 3. The van der Waals surface area contributed by atoms with Gasteiger partial charge in [0, 0.05) is 35.6 Å². The van der Waals surface area contributed by atoms with Crippen molar-refractivity contribution in [1.29, 1.82) is 0 Å². The lowest BCUT2D eigenvalue weighted by atomic mass is 9.95. The van der Waals surface area contributed by atoms with Crippen molar-refractivity contribution in [2.75, 3.05) is 17.2 Å². The Morgan fingerprint density at radius 3 is 2.70 bits per heavy atom. The molecule has 4 aromatic rings. The van der Waals surface area contributed by atoms with Crippen molar-refractivity contribution >= 4 is 29.1 Å². The maximum atomic E-state index is 14.4. The largest absolute Gasteiger partial charge is 0.357 e. The summed E-state index contributed by atoms with van der Waals surface area (Å²) < 4.78 is 16.1. The summed E-state index contributed by atoms with van der Waals surface area (Å²) in [6.07, 6.45) is 2.76. The van der Waals surface area contributed by atoms with E-state index in [-0.39, 0.29) is 42.2 Å². The minimum absolute atomic E-state index is 0.0246. The fraction of sp³-hybridized carbons (Fsp3) is 0.200. The Balaban J connectivity index is 1.52. The van der Waals surface area contributed by atoms with Crippen molar-refractivity contribution in [3.8, 4) is 0 Å². The Hall–Kier alpha value is -4.99. The van der Waals surface area contributed by atoms with E-state index >= 15 is 0 Å². The molecule has 0 saturated carbocycles. The number of carbonyl (C=O) groups is 3. The van der Waals surface area contributed by atoms with E-state index in [1.165, 1.54) is 12.1 Å². The smallest absolute Gasteiger partial charge is 0.276 e. The van der Waals surface area contributed by atoms with Crippen LogP contribution in [0.4, 0.5) is 15.8 Å². The van der Waals surface area contributed by atoms with Gasteiger partial charge in [-0.15, -0.1) is 0 Å². The van der Waals surface area contributed by atoms with Gasteiger partial charge in [-0.25, -0.2) is 4.39 Å². The molecule has 0 bridgehead atoms. The van der Waals surface area contributed by atoms with Crippen LogP contribution in [0.25, 0.3) is 0 Å². The Kier molecular flexibility index (Phi) is 7.33. The van der Waals surface area contributed by atoms with Gasteiger partial charge in [0.2, 0.25) is 5.91 Å². The number of anilines is 2. The summed E-state index contributed by atoms with van der Waals surface area (Å²) in [5.41, 5.74) is 4.50. The van der Waals surface area contributed by atoms with Crippen LogP contribution < -0.4 is 10.6 Å². The third-order valence-corrected chi connectivity index (χ3v) is 6.82. The molecular weight excluding hydrogens is 511 g/mol. The first kappa shape index (κ1) is 26.6. The van der Waals surface area contributed by atoms with Crippen LogP contribution in [-0.2, 0) is 17.9 Å². The standard InChI is InChI=1S/C30H29FN6O3/c1-4-26(38)34-25-14-20(10-11-23(25)31)16-37-28-19(3)15-36(30(40)24-9-6-12-32-24)17-22(28)27(35-37)29(39)33-21-8-5-7-18(2)13-21/h4-14,19,32H,1,15-17H2,2-3H3,(H,33,39)(H,34,38)/t19-/m1/s1. The topological polar surface area (TPSA) is 112 Å². The molecular formula is C30H29FN6O3. The van der Waals surface area contributed by atoms with Crippen LogP contribution in [-0.4, -0.2) is 43.9 Å². The number of nitrogens with one attached hydrogen (secondary N) is 3. The third-order valence-electron chi connectivity index (χ3n) is 6.82. The van der Waals surface area contributed by atoms with Crippen LogP contribution in [0.5, 0.6) is 0 Å². The molecule has 0 spiro atoms. The van der Waals surface area contributed by atoms with Crippen LogP contribution in [0.1, 0.15) is 56.2 Å². The zero-order valence-electron chi connectivity index (χ0n) is 22.2. The Morgan fingerprint density at radius 2 is 1.98 bits per heavy atom. The minimum atomic E-state index is -0.577. The molecule has 3 N–H and O–H groups in total. The minimum Gasteiger partial charge on any atom is -0.357 e. The summed E-state index contributed by atoms with van der Waals surface area (Å²) in [7, 11) is 0. The molecule has 10 heteroatoms. The monoisotopic (exact) mass is 540 g/mol. The molecule has 0 radical (unpaired) electrons. The van der Waals surface area contributed by atoms with E-state index in [0.29, 0.717) is 29.1 Å². The number of H-pyrrole nitrogens is 1. The number of benzene rings is 2. The lowest BCUT2D eigenvalue weighted by Crippen LogP contribution is -2.38. The van der Waals surface area contributed by atoms with Crippen LogP contribution in [0.3, 0.4) is 0 Å². The van der Waals surface area contributed by atoms with Crippen molar-refractivity contribution in [1.82, 2.24) is 19.7 Å². The first-order valence-corrected chi connectivity index (χ1v) is 12.9. The van der Waals surface area contributed by atoms with Crippen LogP contribution in [0.15, 0.2) is 73.4 Å². The van der Waals surface area contributed by atoms with Gasteiger partial charge in [-0.3, -0.25) is 19.1 Å². The van der Waals surface area contributed by atoms with Gasteiger partial charge < -0.3 is 20.5 Å². The number of amides is 3. The second-order valence-corrected chi connectivity index (χ2v) is 9.87. The molecule has 204 valence electrons. The first-order valence-electron chi connectivity index (χ1n) is 12.9. The second-order valence-electron chi connectivity index (χ2n) is 9.87. The summed E-state index contributed by atoms with van der Waals surface area (Å²) in [4.78, 5) is 43.1. The predicted octanol–water partition coefficient (Wildman–Crippen LogP) is 4.84. The first-order chi connectivity index (χ1) is 19.2. The Morgan fingerprint density at radius 1 is 1.15 bits per heavy atom. The fourth-order valence-electron chi connectivity index (χ4n) is 5.02. The lowest BCUT2D eigenvalue weighted by Gasteiger charge is -2.32. The molecule has 1 aliphatic rings. The van der Waals surface area contributed by atoms with E-state index in [1.807, 2.05) is 32.0 Å². The molecule has 0 saturated heterocycles. The zero-order chi connectivity index (χ0) is 28.4. The number of fused-ring (bicyclic) bond motifs is 1. The van der Waals surface area contributed by atoms with Gasteiger partial charge in [-0.2, -0.15) is 5.10 Å². The van der Waals surface area contributed by atoms with E-state index in [4.69, 9.17) is 5.10 Å². The van der Waals surface area contributed by atoms with Crippen LogP contribution in [0, 0.1) is 12.7 Å². The van der Waals surface area contributed by atoms with Crippen molar-refractivity contribution in [2.45, 2.75) is 32.9 Å². The van der Waals surface area contributed by atoms with Gasteiger partial charge in [0.05, 0.1) is 18.8 Å². The van der Waals surface area contributed by atoms with E-state index in [2.05, 4.69) is 22.2 Å². The number of hydrogen-bond acceptors (Lipinski definition) is 4. The Bertz CT molecular complexity index is 1610. The number of aromatic amines is 1. The van der Waals surface area contributed by atoms with Gasteiger partial charge in [0.1, 0.15) is 11.5 Å². The zero-order valence-corrected chi connectivity index (χ0v) is 22.2. The van der Waals surface area contributed by atoms with Gasteiger partial charge in [0.15, 0.2) is 5.69 Å². The number of aromatic nitrogens is 3. The number of rotatable bonds is 7. The van der Waals surface area contributed by atoms with Gasteiger partial charge in [0.25, 0.3) is 11.8 Å². The molecule has 2 aromatic heterocycles. The van der Waals surface area contributed by atoms with Crippen LogP contribution >= 0.6 is 0 Å². The molecule has 0 unspecified atom stereocenters. The third kappa shape index (κ3) is 5.42. The maximum Gasteiger partial charge on any atom is 0.276 e. The van der Waals surface area contributed by atoms with Crippen molar-refractivity contribution in [3.63, 3.8) is 0 Å². The van der Waals surface area contributed by atoms with Gasteiger partial charge in [-0.1, -0.05) is 31.7 Å². The number of hydrogen-bond donors (Lipinski definition) is 3. The normalized spacial score (nSPS) is 14.4. The molecule has 5 rings (SSSR count). The molecule has 9 nitrogen and oxygen atoms in total. The van der Waals surface area contributed by atoms with Gasteiger partial charge >= 0.3 is 0 Å². The number of aryl methyl sites for hydroxylation is 1. The quantitative estimate of drug-likeness (QED) is 0.291. The van der Waals surface area contributed by atoms with E-state index < -0.39 is 11.7 Å². The summed E-state index contributed by atoms with van der Waals surface area (Å²) in [5.74, 6) is -1.80. The van der Waals surface area contributed by atoms with E-state index in [1.54, 1.807) is 40.0 Å². The average molecular weight is 541 g/mol. The van der Waals surface area contributed by atoms with Crippen LogP contribution in [0.2, 0.25) is 0 Å². The Labute approximate surface area is 230 Å². The molecule has 40 heavy (non-hydrogen) atoms. The van der Waals surface area contributed by atoms with E-state index in [0.717, 1.165) is 17.3 Å². The summed E-state index contributed by atoms with van der Waals surface area (Å²) in [5, 5.41) is 10.1. The summed E-state index contributed by atoms with van der Waals surface area (Å²) >= 11 is 0. The summed E-state index contributed by atoms with van der Waals surface area (Å²) in [6.45, 7) is 8.19. The van der Waals surface area contributed by atoms with E-state index in [9.17, 15) is 18.8 Å². The van der Waals surface area contributed by atoms with Crippen molar-refractivity contribution < 1.29 is 18.8 Å². The fourth-order valence-corrected chi connectivity index (χ4v) is 5.02. The summed E-state index contributed by atoms with van der Waals surface area (Å²) in [6, 6.07) is 15.4. The lowest BCUT2D eigenvalue weighted by molar-refractivity contribution is -0.111. The molecule has 1 atom stereocenters. The highest BCUT2D eigenvalue weighted by molar-refractivity contribution is 6.04. The van der Waals surface area contributed by atoms with Crippen molar-refractivity contribution in [3.05, 3.63) is 113 Å².